The SMILES string of the molecule is O=C(c1ccnnc1)N1CCCC(Cc2ccc3[nH]ncc3c2)CC1. The number of carbonyl (C=O) groups excluding carboxylic acids is 1. The van der Waals surface area contributed by atoms with Crippen LogP contribution in [0.15, 0.2) is 42.9 Å². The number of aromatic nitrogens is 4. The third kappa shape index (κ3) is 3.52. The molecule has 1 saturated heterocycles. The van der Waals surface area contributed by atoms with Crippen molar-refractivity contribution in [2.75, 3.05) is 13.1 Å². The second kappa shape index (κ2) is 7.01. The first-order valence-corrected chi connectivity index (χ1v) is 8.77. The molecule has 3 heterocycles. The molecule has 1 atom stereocenters. The minimum Gasteiger partial charge on any atom is -0.339 e. The summed E-state index contributed by atoms with van der Waals surface area (Å²) in [5.41, 5.74) is 3.04. The van der Waals surface area contributed by atoms with Gasteiger partial charge in [-0.2, -0.15) is 15.3 Å². The van der Waals surface area contributed by atoms with Crippen molar-refractivity contribution < 1.29 is 4.79 Å². The van der Waals surface area contributed by atoms with Gasteiger partial charge in [0, 0.05) is 18.5 Å². The van der Waals surface area contributed by atoms with Gasteiger partial charge in [0.05, 0.1) is 29.7 Å². The molecule has 1 fully saturated rings. The number of benzene rings is 1. The zero-order valence-corrected chi connectivity index (χ0v) is 14.1. The van der Waals surface area contributed by atoms with Crippen LogP contribution in [-0.2, 0) is 6.42 Å². The van der Waals surface area contributed by atoms with Gasteiger partial charge in [0.15, 0.2) is 0 Å². The van der Waals surface area contributed by atoms with Gasteiger partial charge in [-0.1, -0.05) is 6.07 Å². The molecule has 1 aliphatic rings. The predicted molar refractivity (Wildman–Crippen MR) is 95.1 cm³/mol. The lowest BCUT2D eigenvalue weighted by atomic mass is 9.92. The Morgan fingerprint density at radius 3 is 3.00 bits per heavy atom. The molecule has 0 bridgehead atoms. The van der Waals surface area contributed by atoms with Gasteiger partial charge in [0.1, 0.15) is 0 Å². The van der Waals surface area contributed by atoms with E-state index in [1.807, 2.05) is 11.1 Å². The number of likely N-dealkylation sites (tertiary alicyclic amines) is 1. The van der Waals surface area contributed by atoms with Crippen molar-refractivity contribution in [1.29, 1.82) is 0 Å². The lowest BCUT2D eigenvalue weighted by Crippen LogP contribution is -2.32. The number of carbonyl (C=O) groups is 1. The smallest absolute Gasteiger partial charge is 0.255 e. The van der Waals surface area contributed by atoms with Crippen LogP contribution in [0.25, 0.3) is 10.9 Å². The maximum absolute atomic E-state index is 12.6. The van der Waals surface area contributed by atoms with Crippen molar-refractivity contribution in [3.63, 3.8) is 0 Å². The van der Waals surface area contributed by atoms with E-state index in [0.29, 0.717) is 11.5 Å². The molecule has 0 aliphatic carbocycles. The maximum atomic E-state index is 12.6. The quantitative estimate of drug-likeness (QED) is 0.798. The van der Waals surface area contributed by atoms with Crippen LogP contribution < -0.4 is 0 Å². The van der Waals surface area contributed by atoms with Crippen molar-refractivity contribution in [3.8, 4) is 0 Å². The van der Waals surface area contributed by atoms with E-state index >= 15 is 0 Å². The average Bonchev–Trinajstić information content (AvgIpc) is 3.00. The molecular weight excluding hydrogens is 314 g/mol. The molecule has 1 unspecified atom stereocenters. The van der Waals surface area contributed by atoms with Gasteiger partial charge in [0.2, 0.25) is 0 Å². The summed E-state index contributed by atoms with van der Waals surface area (Å²) in [7, 11) is 0. The third-order valence-electron chi connectivity index (χ3n) is 5.00. The summed E-state index contributed by atoms with van der Waals surface area (Å²) >= 11 is 0. The van der Waals surface area contributed by atoms with Crippen molar-refractivity contribution in [2.24, 2.45) is 5.92 Å². The van der Waals surface area contributed by atoms with Gasteiger partial charge in [-0.05, 0) is 55.4 Å². The van der Waals surface area contributed by atoms with Gasteiger partial charge >= 0.3 is 0 Å². The molecule has 1 N–H and O–H groups in total. The fourth-order valence-electron chi connectivity index (χ4n) is 3.62. The monoisotopic (exact) mass is 335 g/mol. The van der Waals surface area contributed by atoms with Gasteiger partial charge in [0.25, 0.3) is 5.91 Å². The van der Waals surface area contributed by atoms with Gasteiger partial charge in [-0.15, -0.1) is 0 Å². The Morgan fingerprint density at radius 2 is 2.12 bits per heavy atom. The number of nitrogens with one attached hydrogen (secondary N) is 1. The van der Waals surface area contributed by atoms with E-state index in [9.17, 15) is 4.79 Å². The topological polar surface area (TPSA) is 74.8 Å². The van der Waals surface area contributed by atoms with Crippen LogP contribution in [0.4, 0.5) is 0 Å². The van der Waals surface area contributed by atoms with E-state index in [0.717, 1.165) is 49.7 Å². The Balaban J connectivity index is 1.40. The number of nitrogens with zero attached hydrogens (tertiary/aromatic N) is 4. The molecule has 128 valence electrons. The zero-order valence-electron chi connectivity index (χ0n) is 14.1. The highest BCUT2D eigenvalue weighted by atomic mass is 16.2. The highest BCUT2D eigenvalue weighted by Gasteiger charge is 2.22. The van der Waals surface area contributed by atoms with E-state index in [1.54, 1.807) is 18.5 Å². The second-order valence-corrected chi connectivity index (χ2v) is 6.72. The van der Waals surface area contributed by atoms with E-state index in [-0.39, 0.29) is 5.91 Å². The fourth-order valence-corrected chi connectivity index (χ4v) is 3.62. The first kappa shape index (κ1) is 15.7. The zero-order chi connectivity index (χ0) is 17.1. The van der Waals surface area contributed by atoms with Crippen LogP contribution in [0.5, 0.6) is 0 Å². The van der Waals surface area contributed by atoms with Crippen molar-refractivity contribution in [3.05, 3.63) is 54.0 Å². The van der Waals surface area contributed by atoms with E-state index in [1.165, 1.54) is 5.56 Å². The molecule has 6 heteroatoms. The molecule has 25 heavy (non-hydrogen) atoms. The Labute approximate surface area is 146 Å². The fraction of sp³-hybridized carbons (Fsp3) is 0.368. The molecule has 2 aromatic heterocycles. The number of fused-ring (bicyclic) bond motifs is 1. The number of hydrogen-bond donors (Lipinski definition) is 1. The van der Waals surface area contributed by atoms with Crippen LogP contribution >= 0.6 is 0 Å². The second-order valence-electron chi connectivity index (χ2n) is 6.72. The summed E-state index contributed by atoms with van der Waals surface area (Å²) in [5.74, 6) is 0.674. The molecular formula is C19H21N5O. The summed E-state index contributed by atoms with van der Waals surface area (Å²) < 4.78 is 0. The third-order valence-corrected chi connectivity index (χ3v) is 5.00. The Morgan fingerprint density at radius 1 is 1.16 bits per heavy atom. The molecule has 1 amide bonds. The number of amides is 1. The molecule has 6 nitrogen and oxygen atoms in total. The summed E-state index contributed by atoms with van der Waals surface area (Å²) in [6.45, 7) is 1.62. The van der Waals surface area contributed by atoms with Gasteiger partial charge in [-0.25, -0.2) is 0 Å². The van der Waals surface area contributed by atoms with E-state index < -0.39 is 0 Å². The lowest BCUT2D eigenvalue weighted by Gasteiger charge is -2.20. The number of hydrogen-bond acceptors (Lipinski definition) is 4. The molecule has 0 spiro atoms. The maximum Gasteiger partial charge on any atom is 0.255 e. The van der Waals surface area contributed by atoms with Crippen LogP contribution in [0.2, 0.25) is 0 Å². The number of aromatic amines is 1. The predicted octanol–water partition coefficient (Wildman–Crippen LogP) is 2.84. The highest BCUT2D eigenvalue weighted by molar-refractivity contribution is 5.93. The Kier molecular flexibility index (Phi) is 4.41. The summed E-state index contributed by atoms with van der Waals surface area (Å²) in [4.78, 5) is 14.5. The minimum absolute atomic E-state index is 0.0652. The van der Waals surface area contributed by atoms with Crippen LogP contribution in [0, 0.1) is 5.92 Å². The van der Waals surface area contributed by atoms with Crippen molar-refractivity contribution >= 4 is 16.8 Å². The van der Waals surface area contributed by atoms with E-state index in [4.69, 9.17) is 0 Å². The normalized spacial score (nSPS) is 18.2. The first-order valence-electron chi connectivity index (χ1n) is 8.77. The summed E-state index contributed by atoms with van der Waals surface area (Å²) in [5, 5.41) is 15.8. The number of rotatable bonds is 3. The van der Waals surface area contributed by atoms with Gasteiger partial charge < -0.3 is 4.90 Å². The molecule has 0 saturated carbocycles. The van der Waals surface area contributed by atoms with Crippen molar-refractivity contribution in [2.45, 2.75) is 25.7 Å². The Hall–Kier alpha value is -2.76. The largest absolute Gasteiger partial charge is 0.339 e. The summed E-state index contributed by atoms with van der Waals surface area (Å²) in [6, 6.07) is 8.23. The molecule has 0 radical (unpaired) electrons. The van der Waals surface area contributed by atoms with Crippen LogP contribution in [0.1, 0.15) is 35.2 Å². The van der Waals surface area contributed by atoms with Crippen LogP contribution in [0.3, 0.4) is 0 Å². The van der Waals surface area contributed by atoms with Gasteiger partial charge in [-0.3, -0.25) is 9.89 Å². The molecule has 4 rings (SSSR count). The number of H-pyrrole nitrogens is 1. The first-order chi connectivity index (χ1) is 12.3. The van der Waals surface area contributed by atoms with Crippen LogP contribution in [-0.4, -0.2) is 44.3 Å². The standard InChI is InChI=1S/C19H21N5O/c25-19(16-5-7-20-21-12-16)24-8-1-2-14(6-9-24)10-15-3-4-18-17(11-15)13-22-23-18/h3-5,7,11-14H,1-2,6,8-10H2,(H,22,23). The minimum atomic E-state index is 0.0652. The lowest BCUT2D eigenvalue weighted by molar-refractivity contribution is 0.0759. The molecule has 3 aromatic rings. The molecule has 1 aromatic carbocycles. The van der Waals surface area contributed by atoms with E-state index in [2.05, 4.69) is 38.6 Å². The highest BCUT2D eigenvalue weighted by Crippen LogP contribution is 2.24. The summed E-state index contributed by atoms with van der Waals surface area (Å²) in [6.07, 6.45) is 9.28. The average molecular weight is 335 g/mol. The molecule has 1 aliphatic heterocycles. The Bertz CT molecular complexity index is 860. The van der Waals surface area contributed by atoms with Crippen molar-refractivity contribution in [1.82, 2.24) is 25.3 Å².